The van der Waals surface area contributed by atoms with Gasteiger partial charge in [-0.3, -0.25) is 14.6 Å². The van der Waals surface area contributed by atoms with E-state index in [9.17, 15) is 14.4 Å². The van der Waals surface area contributed by atoms with Crippen LogP contribution in [0.25, 0.3) is 0 Å². The van der Waals surface area contributed by atoms with E-state index in [1.807, 2.05) is 6.07 Å². The van der Waals surface area contributed by atoms with Gasteiger partial charge in [0.25, 0.3) is 11.8 Å². The largest absolute Gasteiger partial charge is 0.451 e. The zero-order valence-corrected chi connectivity index (χ0v) is 14.7. The minimum Gasteiger partial charge on any atom is -0.451 e. The highest BCUT2D eigenvalue weighted by Gasteiger charge is 2.15. The number of hydrogen-bond acceptors (Lipinski definition) is 6. The van der Waals surface area contributed by atoms with Crippen LogP contribution in [-0.4, -0.2) is 34.4 Å². The number of rotatable bonds is 6. The summed E-state index contributed by atoms with van der Waals surface area (Å²) in [6, 6.07) is 15.5. The topological polar surface area (TPSA) is 110 Å². The summed E-state index contributed by atoms with van der Waals surface area (Å²) in [5.74, 6) is -1.73. The van der Waals surface area contributed by atoms with E-state index >= 15 is 0 Å². The number of nitrogens with zero attached hydrogens (tertiary/aromatic N) is 2. The maximum atomic E-state index is 12.5. The second-order valence-corrected chi connectivity index (χ2v) is 5.58. The number of benzene rings is 2. The third-order valence-electron chi connectivity index (χ3n) is 3.58. The fraction of sp³-hybridized carbons (Fsp3) is 0.0500. The van der Waals surface area contributed by atoms with Crippen molar-refractivity contribution in [3.05, 3.63) is 84.4 Å². The molecule has 0 saturated carbocycles. The quantitative estimate of drug-likeness (QED) is 0.640. The molecule has 1 aromatic heterocycles. The van der Waals surface area contributed by atoms with Gasteiger partial charge in [0.05, 0.1) is 17.4 Å². The first kappa shape index (κ1) is 18.7. The van der Waals surface area contributed by atoms with Gasteiger partial charge in [-0.1, -0.05) is 30.3 Å². The summed E-state index contributed by atoms with van der Waals surface area (Å²) in [4.78, 5) is 44.0. The molecule has 28 heavy (non-hydrogen) atoms. The lowest BCUT2D eigenvalue weighted by Gasteiger charge is -2.11. The Morgan fingerprint density at radius 3 is 2.39 bits per heavy atom. The predicted molar refractivity (Wildman–Crippen MR) is 102 cm³/mol. The molecule has 2 aromatic carbocycles. The van der Waals surface area contributed by atoms with Crippen molar-refractivity contribution in [1.82, 2.24) is 9.97 Å². The van der Waals surface area contributed by atoms with Gasteiger partial charge in [0, 0.05) is 18.1 Å². The Kier molecular flexibility index (Phi) is 6.04. The molecule has 2 amide bonds. The van der Waals surface area contributed by atoms with Crippen molar-refractivity contribution in [2.24, 2.45) is 0 Å². The molecule has 0 saturated heterocycles. The fourth-order valence-electron chi connectivity index (χ4n) is 2.31. The summed E-state index contributed by atoms with van der Waals surface area (Å²) in [7, 11) is 0. The lowest BCUT2D eigenvalue weighted by molar-refractivity contribution is -0.119. The summed E-state index contributed by atoms with van der Waals surface area (Å²) >= 11 is 0. The molecule has 0 radical (unpaired) electrons. The Hall–Kier alpha value is -4.07. The molecular formula is C20H16N4O4. The van der Waals surface area contributed by atoms with E-state index in [-0.39, 0.29) is 17.2 Å². The molecule has 0 unspecified atom stereocenters. The maximum Gasteiger partial charge on any atom is 0.359 e. The minimum absolute atomic E-state index is 0.00191. The number of anilines is 2. The molecule has 2 N–H and O–H groups in total. The number of carbonyl (C=O) groups is 3. The molecule has 0 spiro atoms. The molecular weight excluding hydrogens is 360 g/mol. The van der Waals surface area contributed by atoms with Crippen LogP contribution in [0.5, 0.6) is 0 Å². The van der Waals surface area contributed by atoms with Gasteiger partial charge in [-0.2, -0.15) is 0 Å². The van der Waals surface area contributed by atoms with Crippen LogP contribution in [0.2, 0.25) is 0 Å². The van der Waals surface area contributed by atoms with Crippen LogP contribution >= 0.6 is 0 Å². The molecule has 3 aromatic rings. The standard InChI is InChI=1S/C20H16N4O4/c25-18(13-28-20(27)17-12-21-10-11-22-17)24-16-9-5-4-8-15(16)19(26)23-14-6-2-1-3-7-14/h1-12H,13H2,(H,23,26)(H,24,25). The van der Waals surface area contributed by atoms with E-state index in [0.717, 1.165) is 0 Å². The third kappa shape index (κ3) is 4.98. The molecule has 140 valence electrons. The number of carbonyl (C=O) groups excluding carboxylic acids is 3. The van der Waals surface area contributed by atoms with E-state index in [0.29, 0.717) is 11.4 Å². The van der Waals surface area contributed by atoms with Gasteiger partial charge < -0.3 is 15.4 Å². The zero-order valence-electron chi connectivity index (χ0n) is 14.7. The lowest BCUT2D eigenvalue weighted by Crippen LogP contribution is -2.23. The van der Waals surface area contributed by atoms with Gasteiger partial charge in [-0.25, -0.2) is 9.78 Å². The molecule has 0 bridgehead atoms. The highest BCUT2D eigenvalue weighted by atomic mass is 16.5. The van der Waals surface area contributed by atoms with Crippen molar-refractivity contribution < 1.29 is 19.1 Å². The van der Waals surface area contributed by atoms with E-state index < -0.39 is 18.5 Å². The molecule has 0 fully saturated rings. The predicted octanol–water partition coefficient (Wildman–Crippen LogP) is 2.52. The molecule has 0 aliphatic carbocycles. The second kappa shape index (κ2) is 9.04. The highest BCUT2D eigenvalue weighted by Crippen LogP contribution is 2.17. The number of hydrogen-bond donors (Lipinski definition) is 2. The number of esters is 1. The molecule has 0 atom stereocenters. The summed E-state index contributed by atoms with van der Waals surface area (Å²) in [5, 5.41) is 5.32. The number of para-hydroxylation sites is 2. The summed E-state index contributed by atoms with van der Waals surface area (Å²) < 4.78 is 4.90. The smallest absolute Gasteiger partial charge is 0.359 e. The Labute approximate surface area is 160 Å². The van der Waals surface area contributed by atoms with E-state index in [2.05, 4.69) is 20.6 Å². The average Bonchev–Trinajstić information content (AvgIpc) is 2.73. The summed E-state index contributed by atoms with van der Waals surface area (Å²) in [6.07, 6.45) is 4.00. The third-order valence-corrected chi connectivity index (χ3v) is 3.58. The Bertz CT molecular complexity index is 978. The van der Waals surface area contributed by atoms with E-state index in [1.54, 1.807) is 48.5 Å². The van der Waals surface area contributed by atoms with Crippen LogP contribution in [0.4, 0.5) is 11.4 Å². The minimum atomic E-state index is -0.765. The Morgan fingerprint density at radius 1 is 0.893 bits per heavy atom. The van der Waals surface area contributed by atoms with Crippen molar-refractivity contribution in [1.29, 1.82) is 0 Å². The van der Waals surface area contributed by atoms with Gasteiger partial charge in [0.15, 0.2) is 12.3 Å². The zero-order chi connectivity index (χ0) is 19.8. The van der Waals surface area contributed by atoms with E-state index in [1.165, 1.54) is 18.6 Å². The summed E-state index contributed by atoms with van der Waals surface area (Å²) in [6.45, 7) is -0.524. The first-order valence-electron chi connectivity index (χ1n) is 8.32. The van der Waals surface area contributed by atoms with Crippen LogP contribution in [0.15, 0.2) is 73.2 Å². The van der Waals surface area contributed by atoms with Crippen molar-refractivity contribution in [3.63, 3.8) is 0 Å². The molecule has 8 heteroatoms. The van der Waals surface area contributed by atoms with Crippen LogP contribution in [-0.2, 0) is 9.53 Å². The fourth-order valence-corrected chi connectivity index (χ4v) is 2.31. The van der Waals surface area contributed by atoms with Gasteiger partial charge in [0.2, 0.25) is 0 Å². The lowest BCUT2D eigenvalue weighted by atomic mass is 10.1. The second-order valence-electron chi connectivity index (χ2n) is 5.58. The van der Waals surface area contributed by atoms with Crippen LogP contribution < -0.4 is 10.6 Å². The summed E-state index contributed by atoms with van der Waals surface area (Å²) in [5.41, 5.74) is 1.21. The highest BCUT2D eigenvalue weighted by molar-refractivity contribution is 6.10. The van der Waals surface area contributed by atoms with Crippen molar-refractivity contribution in [3.8, 4) is 0 Å². The first-order valence-corrected chi connectivity index (χ1v) is 8.32. The Morgan fingerprint density at radius 2 is 1.64 bits per heavy atom. The molecule has 8 nitrogen and oxygen atoms in total. The molecule has 0 aliphatic heterocycles. The molecule has 1 heterocycles. The van der Waals surface area contributed by atoms with Crippen molar-refractivity contribution in [2.75, 3.05) is 17.2 Å². The van der Waals surface area contributed by atoms with Gasteiger partial charge in [-0.05, 0) is 24.3 Å². The van der Waals surface area contributed by atoms with Crippen molar-refractivity contribution >= 4 is 29.2 Å². The van der Waals surface area contributed by atoms with Gasteiger partial charge >= 0.3 is 5.97 Å². The maximum absolute atomic E-state index is 12.5. The normalized spacial score (nSPS) is 10.0. The van der Waals surface area contributed by atoms with E-state index in [4.69, 9.17) is 4.74 Å². The average molecular weight is 376 g/mol. The first-order chi connectivity index (χ1) is 13.6. The number of amides is 2. The molecule has 3 rings (SSSR count). The van der Waals surface area contributed by atoms with Gasteiger partial charge in [-0.15, -0.1) is 0 Å². The molecule has 0 aliphatic rings. The SMILES string of the molecule is O=C(COC(=O)c1cnccn1)Nc1ccccc1C(=O)Nc1ccccc1. The Balaban J connectivity index is 1.62. The van der Waals surface area contributed by atoms with Gasteiger partial charge in [0.1, 0.15) is 0 Å². The number of nitrogens with one attached hydrogen (secondary N) is 2. The van der Waals surface area contributed by atoms with Crippen LogP contribution in [0.3, 0.4) is 0 Å². The van der Waals surface area contributed by atoms with Crippen molar-refractivity contribution in [2.45, 2.75) is 0 Å². The number of ether oxygens (including phenoxy) is 1. The van der Waals surface area contributed by atoms with Crippen LogP contribution in [0.1, 0.15) is 20.8 Å². The van der Waals surface area contributed by atoms with Crippen LogP contribution in [0, 0.1) is 0 Å². The monoisotopic (exact) mass is 376 g/mol. The number of aromatic nitrogens is 2.